The minimum absolute atomic E-state index is 0.0767. The van der Waals surface area contributed by atoms with Crippen LogP contribution < -0.4 is 5.32 Å². The Kier molecular flexibility index (Phi) is 5.54. The molecule has 3 aromatic rings. The topological polar surface area (TPSA) is 57.8 Å². The number of aromatic nitrogens is 2. The highest BCUT2D eigenvalue weighted by Crippen LogP contribution is 2.21. The van der Waals surface area contributed by atoms with Crippen LogP contribution in [0.3, 0.4) is 0 Å². The highest BCUT2D eigenvalue weighted by Gasteiger charge is 2.05. The lowest BCUT2D eigenvalue weighted by atomic mass is 10.2. The Balaban J connectivity index is 1.38. The smallest absolute Gasteiger partial charge is 0.230 e. The second-order valence-electron chi connectivity index (χ2n) is 5.71. The summed E-state index contributed by atoms with van der Waals surface area (Å²) in [6.07, 6.45) is 1.71. The predicted molar refractivity (Wildman–Crippen MR) is 99.3 cm³/mol. The molecule has 0 fully saturated rings. The number of benzene rings is 2. The summed E-state index contributed by atoms with van der Waals surface area (Å²) in [6.45, 7) is 2.73. The molecule has 2 aromatic carbocycles. The molecule has 0 bridgehead atoms. The van der Waals surface area contributed by atoms with E-state index < -0.39 is 0 Å². The van der Waals surface area contributed by atoms with E-state index in [1.54, 1.807) is 11.8 Å². The number of rotatable bonds is 7. The first-order chi connectivity index (χ1) is 11.7. The number of aryl methyl sites for hydroxylation is 2. The van der Waals surface area contributed by atoms with Gasteiger partial charge in [0.25, 0.3) is 0 Å². The summed E-state index contributed by atoms with van der Waals surface area (Å²) in [4.78, 5) is 20.9. The van der Waals surface area contributed by atoms with Crippen molar-refractivity contribution in [3.63, 3.8) is 0 Å². The van der Waals surface area contributed by atoms with Crippen LogP contribution in [0.25, 0.3) is 11.0 Å². The number of carbonyl (C=O) groups excluding carboxylic acids is 1. The van der Waals surface area contributed by atoms with Gasteiger partial charge in [0.2, 0.25) is 5.91 Å². The fourth-order valence-corrected chi connectivity index (χ4v) is 3.38. The van der Waals surface area contributed by atoms with Gasteiger partial charge in [-0.2, -0.15) is 0 Å². The molecule has 0 spiro atoms. The maximum atomic E-state index is 11.9. The largest absolute Gasteiger partial charge is 0.355 e. The molecule has 0 unspecified atom stereocenters. The molecule has 2 N–H and O–H groups in total. The molecule has 1 amide bonds. The van der Waals surface area contributed by atoms with E-state index in [0.717, 1.165) is 34.6 Å². The van der Waals surface area contributed by atoms with Crippen LogP contribution in [-0.4, -0.2) is 28.2 Å². The van der Waals surface area contributed by atoms with E-state index in [1.165, 1.54) is 5.56 Å². The van der Waals surface area contributed by atoms with Gasteiger partial charge in [-0.1, -0.05) is 30.3 Å². The number of hydrogen-bond donors (Lipinski definition) is 2. The van der Waals surface area contributed by atoms with Gasteiger partial charge in [-0.05, 0) is 37.1 Å². The van der Waals surface area contributed by atoms with Crippen LogP contribution in [0.1, 0.15) is 17.8 Å². The Morgan fingerprint density at radius 2 is 1.96 bits per heavy atom. The highest BCUT2D eigenvalue weighted by molar-refractivity contribution is 8.00. The summed E-state index contributed by atoms with van der Waals surface area (Å²) >= 11 is 1.58. The maximum absolute atomic E-state index is 11.9. The van der Waals surface area contributed by atoms with Gasteiger partial charge in [-0.15, -0.1) is 11.8 Å². The third-order valence-electron chi connectivity index (χ3n) is 3.80. The molecule has 0 radical (unpaired) electrons. The molecule has 0 atom stereocenters. The zero-order valence-corrected chi connectivity index (χ0v) is 14.5. The lowest BCUT2D eigenvalue weighted by Gasteiger charge is -2.06. The van der Waals surface area contributed by atoms with Crippen molar-refractivity contribution >= 4 is 28.7 Å². The van der Waals surface area contributed by atoms with Crippen molar-refractivity contribution in [3.05, 3.63) is 59.9 Å². The van der Waals surface area contributed by atoms with Crippen LogP contribution in [0, 0.1) is 6.92 Å². The van der Waals surface area contributed by atoms with Crippen molar-refractivity contribution in [1.82, 2.24) is 15.3 Å². The van der Waals surface area contributed by atoms with Gasteiger partial charge in [-0.3, -0.25) is 4.79 Å². The van der Waals surface area contributed by atoms with Crippen molar-refractivity contribution in [3.8, 4) is 0 Å². The molecule has 1 heterocycles. The first-order valence-corrected chi connectivity index (χ1v) is 9.10. The lowest BCUT2D eigenvalue weighted by molar-refractivity contribution is -0.118. The van der Waals surface area contributed by atoms with E-state index in [-0.39, 0.29) is 5.91 Å². The van der Waals surface area contributed by atoms with Crippen LogP contribution in [-0.2, 0) is 11.2 Å². The first-order valence-electron chi connectivity index (χ1n) is 8.11. The zero-order chi connectivity index (χ0) is 16.8. The summed E-state index contributed by atoms with van der Waals surface area (Å²) < 4.78 is 0. The number of aromatic amines is 1. The monoisotopic (exact) mass is 339 g/mol. The van der Waals surface area contributed by atoms with Gasteiger partial charge in [0.1, 0.15) is 5.82 Å². The fraction of sp³-hybridized carbons (Fsp3) is 0.263. The quantitative estimate of drug-likeness (QED) is 0.509. The van der Waals surface area contributed by atoms with Crippen molar-refractivity contribution in [1.29, 1.82) is 0 Å². The molecule has 24 heavy (non-hydrogen) atoms. The number of amides is 1. The van der Waals surface area contributed by atoms with Gasteiger partial charge < -0.3 is 10.3 Å². The Bertz CT molecular complexity index is 795. The molecule has 1 aromatic heterocycles. The summed E-state index contributed by atoms with van der Waals surface area (Å²) in [5.74, 6) is 1.50. The second kappa shape index (κ2) is 8.02. The third-order valence-corrected chi connectivity index (χ3v) is 4.98. The summed E-state index contributed by atoms with van der Waals surface area (Å²) in [5, 5.41) is 2.97. The second-order valence-corrected chi connectivity index (χ2v) is 6.73. The van der Waals surface area contributed by atoms with E-state index in [4.69, 9.17) is 0 Å². The van der Waals surface area contributed by atoms with E-state index in [0.29, 0.717) is 12.3 Å². The van der Waals surface area contributed by atoms with Crippen LogP contribution >= 0.6 is 11.8 Å². The molecule has 0 aliphatic rings. The minimum Gasteiger partial charge on any atom is -0.355 e. The molecule has 5 heteroatoms. The number of hydrogen-bond acceptors (Lipinski definition) is 3. The Labute approximate surface area is 146 Å². The third kappa shape index (κ3) is 4.38. The Morgan fingerprint density at radius 3 is 2.79 bits per heavy atom. The number of H-pyrrole nitrogens is 1. The van der Waals surface area contributed by atoms with Gasteiger partial charge in [0, 0.05) is 17.9 Å². The van der Waals surface area contributed by atoms with Crippen LogP contribution in [0.5, 0.6) is 0 Å². The van der Waals surface area contributed by atoms with Gasteiger partial charge in [0.05, 0.1) is 16.8 Å². The molecular weight excluding hydrogens is 318 g/mol. The van der Waals surface area contributed by atoms with Gasteiger partial charge in [0.15, 0.2) is 0 Å². The van der Waals surface area contributed by atoms with Crippen LogP contribution in [0.15, 0.2) is 53.4 Å². The molecular formula is C19H21N3OS. The zero-order valence-electron chi connectivity index (χ0n) is 13.7. The Morgan fingerprint density at radius 1 is 1.17 bits per heavy atom. The minimum atomic E-state index is 0.0767. The fourth-order valence-electron chi connectivity index (χ4n) is 2.52. The molecule has 3 rings (SSSR count). The highest BCUT2D eigenvalue weighted by atomic mass is 32.2. The number of imidazole rings is 1. The first kappa shape index (κ1) is 16.6. The number of thioether (sulfide) groups is 1. The van der Waals surface area contributed by atoms with E-state index >= 15 is 0 Å². The standard InChI is InChI=1S/C19H21N3OS/c1-14-7-2-5-10-17(14)24-13-19(23)20-12-6-11-18-21-15-8-3-4-9-16(15)22-18/h2-5,7-10H,6,11-13H2,1H3,(H,20,23)(H,21,22). The Hall–Kier alpha value is -2.27. The number of nitrogens with one attached hydrogen (secondary N) is 2. The van der Waals surface area contributed by atoms with E-state index in [1.807, 2.05) is 36.4 Å². The number of carbonyl (C=O) groups is 1. The normalized spacial score (nSPS) is 10.9. The van der Waals surface area contributed by atoms with Gasteiger partial charge >= 0.3 is 0 Å². The number of nitrogens with zero attached hydrogens (tertiary/aromatic N) is 1. The summed E-state index contributed by atoms with van der Waals surface area (Å²) in [6, 6.07) is 16.1. The summed E-state index contributed by atoms with van der Waals surface area (Å²) in [7, 11) is 0. The van der Waals surface area contributed by atoms with Crippen LogP contribution in [0.4, 0.5) is 0 Å². The maximum Gasteiger partial charge on any atom is 0.230 e. The number of fused-ring (bicyclic) bond motifs is 1. The molecule has 0 aliphatic carbocycles. The summed E-state index contributed by atoms with van der Waals surface area (Å²) in [5.41, 5.74) is 3.26. The van der Waals surface area contributed by atoms with Crippen LogP contribution in [0.2, 0.25) is 0 Å². The van der Waals surface area contributed by atoms with Crippen molar-refractivity contribution in [2.75, 3.05) is 12.3 Å². The average Bonchev–Trinajstić information content (AvgIpc) is 3.01. The van der Waals surface area contributed by atoms with Crippen molar-refractivity contribution < 1.29 is 4.79 Å². The van der Waals surface area contributed by atoms with Crippen molar-refractivity contribution in [2.24, 2.45) is 0 Å². The molecule has 0 aliphatic heterocycles. The van der Waals surface area contributed by atoms with Gasteiger partial charge in [-0.25, -0.2) is 4.98 Å². The van der Waals surface area contributed by atoms with Crippen molar-refractivity contribution in [2.45, 2.75) is 24.7 Å². The average molecular weight is 339 g/mol. The molecule has 0 saturated heterocycles. The van der Waals surface area contributed by atoms with E-state index in [9.17, 15) is 4.79 Å². The lowest BCUT2D eigenvalue weighted by Crippen LogP contribution is -2.26. The van der Waals surface area contributed by atoms with E-state index in [2.05, 4.69) is 34.3 Å². The molecule has 124 valence electrons. The molecule has 4 nitrogen and oxygen atoms in total. The SMILES string of the molecule is Cc1ccccc1SCC(=O)NCCCc1nc2ccccc2[nH]1. The molecule has 0 saturated carbocycles. The number of para-hydroxylation sites is 2. The predicted octanol–water partition coefficient (Wildman–Crippen LogP) is 3.71.